The first-order chi connectivity index (χ1) is 5.25. The van der Waals surface area contributed by atoms with Gasteiger partial charge >= 0.3 is 6.03 Å². The van der Waals surface area contributed by atoms with Crippen LogP contribution in [0, 0.1) is 0 Å². The van der Waals surface area contributed by atoms with Crippen LogP contribution in [-0.4, -0.2) is 16.8 Å². The molecule has 1 aliphatic carbocycles. The predicted molar refractivity (Wildman–Crippen MR) is 38.3 cm³/mol. The maximum atomic E-state index is 10.7. The van der Waals surface area contributed by atoms with Crippen LogP contribution in [0.25, 0.3) is 0 Å². The van der Waals surface area contributed by atoms with E-state index in [-0.39, 0.29) is 5.72 Å². The van der Waals surface area contributed by atoms with Crippen LogP contribution in [-0.2, 0) is 4.84 Å². The SMILES string of the molecule is NC(=O)N1OC12CCCCC2. The van der Waals surface area contributed by atoms with Crippen molar-refractivity contribution in [3.05, 3.63) is 0 Å². The van der Waals surface area contributed by atoms with E-state index in [1.165, 1.54) is 11.5 Å². The van der Waals surface area contributed by atoms with Crippen molar-refractivity contribution in [2.75, 3.05) is 0 Å². The smallest absolute Gasteiger partial charge is 0.341 e. The number of primary amides is 1. The molecule has 0 atom stereocenters. The van der Waals surface area contributed by atoms with Crippen LogP contribution in [0.2, 0.25) is 0 Å². The minimum atomic E-state index is -0.452. The molecule has 0 unspecified atom stereocenters. The third-order valence-corrected chi connectivity index (χ3v) is 2.43. The zero-order valence-corrected chi connectivity index (χ0v) is 6.38. The average molecular weight is 156 g/mol. The summed E-state index contributed by atoms with van der Waals surface area (Å²) in [5.41, 5.74) is 4.79. The van der Waals surface area contributed by atoms with Crippen LogP contribution < -0.4 is 5.73 Å². The second-order valence-electron chi connectivity index (χ2n) is 3.23. The Balaban J connectivity index is 1.99. The van der Waals surface area contributed by atoms with Gasteiger partial charge in [0.1, 0.15) is 0 Å². The molecule has 1 spiro atoms. The number of rotatable bonds is 0. The molecular weight excluding hydrogens is 144 g/mol. The quantitative estimate of drug-likeness (QED) is 0.531. The number of carbonyl (C=O) groups excluding carboxylic acids is 1. The maximum absolute atomic E-state index is 10.7. The lowest BCUT2D eigenvalue weighted by Crippen LogP contribution is -2.29. The maximum Gasteiger partial charge on any atom is 0.341 e. The number of hydrogen-bond donors (Lipinski definition) is 1. The summed E-state index contributed by atoms with van der Waals surface area (Å²) in [6.07, 6.45) is 5.44. The van der Waals surface area contributed by atoms with E-state index in [0.717, 1.165) is 25.7 Å². The summed E-state index contributed by atoms with van der Waals surface area (Å²) < 4.78 is 0. The van der Waals surface area contributed by atoms with Gasteiger partial charge in [-0.3, -0.25) is 0 Å². The molecule has 1 saturated heterocycles. The third kappa shape index (κ3) is 0.976. The highest BCUT2D eigenvalue weighted by Gasteiger charge is 2.57. The zero-order valence-electron chi connectivity index (χ0n) is 6.38. The Labute approximate surface area is 65.2 Å². The zero-order chi connectivity index (χ0) is 7.90. The number of nitrogens with two attached hydrogens (primary N) is 1. The Morgan fingerprint density at radius 1 is 1.36 bits per heavy atom. The summed E-state index contributed by atoms with van der Waals surface area (Å²) >= 11 is 0. The van der Waals surface area contributed by atoms with Crippen molar-refractivity contribution in [3.63, 3.8) is 0 Å². The van der Waals surface area contributed by atoms with Crippen LogP contribution in [0.4, 0.5) is 4.79 Å². The Morgan fingerprint density at radius 2 is 2.00 bits per heavy atom. The van der Waals surface area contributed by atoms with Gasteiger partial charge in [-0.05, 0) is 12.8 Å². The van der Waals surface area contributed by atoms with Crippen LogP contribution in [0.5, 0.6) is 0 Å². The fourth-order valence-electron chi connectivity index (χ4n) is 1.79. The van der Waals surface area contributed by atoms with Crippen molar-refractivity contribution in [1.82, 2.24) is 5.06 Å². The van der Waals surface area contributed by atoms with Gasteiger partial charge in [-0.25, -0.2) is 9.63 Å². The van der Waals surface area contributed by atoms with Gasteiger partial charge in [0.2, 0.25) is 0 Å². The van der Waals surface area contributed by atoms with E-state index in [1.54, 1.807) is 0 Å². The molecule has 0 aromatic rings. The van der Waals surface area contributed by atoms with E-state index in [0.29, 0.717) is 0 Å². The highest BCUT2D eigenvalue weighted by Crippen LogP contribution is 2.46. The van der Waals surface area contributed by atoms with Crippen molar-refractivity contribution in [2.45, 2.75) is 37.8 Å². The van der Waals surface area contributed by atoms with Crippen LogP contribution >= 0.6 is 0 Å². The molecule has 0 radical (unpaired) electrons. The molecule has 2 amide bonds. The Kier molecular flexibility index (Phi) is 1.32. The van der Waals surface area contributed by atoms with Crippen molar-refractivity contribution in [2.24, 2.45) is 5.73 Å². The van der Waals surface area contributed by atoms with E-state index < -0.39 is 6.03 Å². The minimum Gasteiger partial charge on any atom is -0.350 e. The minimum absolute atomic E-state index is 0.274. The van der Waals surface area contributed by atoms with Gasteiger partial charge in [-0.1, -0.05) is 6.42 Å². The topological polar surface area (TPSA) is 58.6 Å². The van der Waals surface area contributed by atoms with Crippen molar-refractivity contribution < 1.29 is 9.63 Å². The van der Waals surface area contributed by atoms with Crippen LogP contribution in [0.3, 0.4) is 0 Å². The summed E-state index contributed by atoms with van der Waals surface area (Å²) in [4.78, 5) is 15.8. The van der Waals surface area contributed by atoms with Gasteiger partial charge in [-0.15, -0.1) is 0 Å². The molecule has 0 bridgehead atoms. The molecule has 2 fully saturated rings. The first kappa shape index (κ1) is 6.91. The molecule has 11 heavy (non-hydrogen) atoms. The molecule has 0 aromatic heterocycles. The van der Waals surface area contributed by atoms with E-state index in [4.69, 9.17) is 10.6 Å². The average Bonchev–Trinajstić information content (AvgIpc) is 2.66. The Morgan fingerprint density at radius 3 is 2.45 bits per heavy atom. The molecule has 4 nitrogen and oxygen atoms in total. The summed E-state index contributed by atoms with van der Waals surface area (Å²) in [6.45, 7) is 0. The van der Waals surface area contributed by atoms with E-state index in [1.807, 2.05) is 0 Å². The number of hydrogen-bond acceptors (Lipinski definition) is 2. The van der Waals surface area contributed by atoms with Crippen molar-refractivity contribution in [3.8, 4) is 0 Å². The normalized spacial score (nSPS) is 27.1. The molecule has 62 valence electrons. The fourth-order valence-corrected chi connectivity index (χ4v) is 1.79. The first-order valence-electron chi connectivity index (χ1n) is 4.03. The standard InChI is InChI=1S/C7H12N2O2/c8-6(10)9-7(11-9)4-2-1-3-5-7/h1-5H2,(H2,8,10). The lowest BCUT2D eigenvalue weighted by Gasteiger charge is -2.15. The number of nitrogens with zero attached hydrogens (tertiary/aromatic N) is 1. The fraction of sp³-hybridized carbons (Fsp3) is 0.857. The summed E-state index contributed by atoms with van der Waals surface area (Å²) in [5, 5.41) is 1.31. The molecule has 1 aliphatic heterocycles. The molecule has 2 rings (SSSR count). The number of hydroxylamine groups is 2. The molecule has 2 aliphatic rings. The van der Waals surface area contributed by atoms with Gasteiger partial charge in [0, 0.05) is 12.8 Å². The molecular formula is C7H12N2O2. The molecule has 1 heterocycles. The Hall–Kier alpha value is -0.770. The lowest BCUT2D eigenvalue weighted by atomic mass is 9.94. The van der Waals surface area contributed by atoms with E-state index >= 15 is 0 Å². The van der Waals surface area contributed by atoms with Crippen LogP contribution in [0.15, 0.2) is 0 Å². The molecule has 1 saturated carbocycles. The molecule has 2 N–H and O–H groups in total. The van der Waals surface area contributed by atoms with Gasteiger partial charge < -0.3 is 5.73 Å². The summed E-state index contributed by atoms with van der Waals surface area (Å²) in [5.74, 6) is 0. The lowest BCUT2D eigenvalue weighted by molar-refractivity contribution is 0.179. The van der Waals surface area contributed by atoms with Gasteiger partial charge in [0.25, 0.3) is 0 Å². The highest BCUT2D eigenvalue weighted by molar-refractivity contribution is 5.73. The summed E-state index contributed by atoms with van der Waals surface area (Å²) in [6, 6.07) is -0.452. The monoisotopic (exact) mass is 156 g/mol. The largest absolute Gasteiger partial charge is 0.350 e. The van der Waals surface area contributed by atoms with Crippen molar-refractivity contribution in [1.29, 1.82) is 0 Å². The number of amides is 2. The number of carbonyl (C=O) groups is 1. The summed E-state index contributed by atoms with van der Waals surface area (Å²) in [7, 11) is 0. The second kappa shape index (κ2) is 2.11. The van der Waals surface area contributed by atoms with Crippen LogP contribution in [0.1, 0.15) is 32.1 Å². The van der Waals surface area contributed by atoms with Gasteiger partial charge in [0.15, 0.2) is 5.72 Å². The first-order valence-corrected chi connectivity index (χ1v) is 4.03. The molecule has 4 heteroatoms. The molecule has 0 aromatic carbocycles. The Bertz CT molecular complexity index is 187. The van der Waals surface area contributed by atoms with Gasteiger partial charge in [0.05, 0.1) is 0 Å². The van der Waals surface area contributed by atoms with E-state index in [2.05, 4.69) is 0 Å². The van der Waals surface area contributed by atoms with Crippen molar-refractivity contribution >= 4 is 6.03 Å². The third-order valence-electron chi connectivity index (χ3n) is 2.43. The predicted octanol–water partition coefficient (Wildman–Crippen LogP) is 0.973. The highest BCUT2D eigenvalue weighted by atomic mass is 16.9. The van der Waals surface area contributed by atoms with E-state index in [9.17, 15) is 4.79 Å². The number of urea groups is 1. The second-order valence-corrected chi connectivity index (χ2v) is 3.23. The van der Waals surface area contributed by atoms with Gasteiger partial charge in [-0.2, -0.15) is 5.06 Å².